The van der Waals surface area contributed by atoms with Crippen molar-refractivity contribution in [1.29, 1.82) is 0 Å². The largest absolute Gasteiger partial charge is 0.469 e. The molecule has 0 amide bonds. The summed E-state index contributed by atoms with van der Waals surface area (Å²) in [6.45, 7) is 0. The van der Waals surface area contributed by atoms with Gasteiger partial charge in [-0.05, 0) is 17.9 Å². The smallest absolute Gasteiger partial charge is 0.313 e. The molecule has 2 rings (SSSR count). The molecule has 1 atom stereocenters. The second-order valence-corrected chi connectivity index (χ2v) is 4.17. The van der Waals surface area contributed by atoms with Crippen molar-refractivity contribution in [2.45, 2.75) is 25.2 Å². The van der Waals surface area contributed by atoms with E-state index in [1.165, 1.54) is 20.0 Å². The van der Waals surface area contributed by atoms with Crippen LogP contribution in [0.5, 0.6) is 0 Å². The zero-order valence-corrected chi connectivity index (χ0v) is 8.98. The molecule has 0 radical (unpaired) electrons. The Morgan fingerprint density at radius 3 is 2.60 bits per heavy atom. The molecule has 80 valence electrons. The van der Waals surface area contributed by atoms with Crippen molar-refractivity contribution in [3.8, 4) is 0 Å². The molecule has 0 heterocycles. The molecule has 0 N–H and O–H groups in total. The molecule has 0 aromatic heterocycles. The summed E-state index contributed by atoms with van der Waals surface area (Å²) >= 11 is 0. The monoisotopic (exact) mass is 204 g/mol. The van der Waals surface area contributed by atoms with Crippen LogP contribution >= 0.6 is 0 Å². The van der Waals surface area contributed by atoms with Crippen LogP contribution in [-0.2, 0) is 9.53 Å². The molecule has 0 saturated heterocycles. The minimum Gasteiger partial charge on any atom is -0.469 e. The molecule has 1 unspecified atom stereocenters. The summed E-state index contributed by atoms with van der Waals surface area (Å²) in [4.78, 5) is 11.7. The van der Waals surface area contributed by atoms with Crippen LogP contribution in [0.25, 0.3) is 0 Å². The molecule has 2 nitrogen and oxygen atoms in total. The van der Waals surface area contributed by atoms with Crippen LogP contribution in [0.3, 0.4) is 0 Å². The molecule has 1 aliphatic rings. The van der Waals surface area contributed by atoms with Crippen LogP contribution in [0.1, 0.15) is 30.7 Å². The Bertz CT molecular complexity index is 328. The van der Waals surface area contributed by atoms with Gasteiger partial charge in [-0.25, -0.2) is 0 Å². The number of methoxy groups -OCH3 is 1. The van der Waals surface area contributed by atoms with Crippen LogP contribution in [0, 0.1) is 5.92 Å². The predicted molar refractivity (Wildman–Crippen MR) is 58.5 cm³/mol. The maximum atomic E-state index is 11.7. The maximum absolute atomic E-state index is 11.7. The van der Waals surface area contributed by atoms with Gasteiger partial charge in [-0.3, -0.25) is 4.79 Å². The number of carbonyl (C=O) groups excluding carboxylic acids is 1. The zero-order valence-electron chi connectivity index (χ0n) is 8.98. The molecule has 0 spiro atoms. The first-order valence-corrected chi connectivity index (χ1v) is 5.44. The molecule has 0 bridgehead atoms. The van der Waals surface area contributed by atoms with E-state index in [0.717, 1.165) is 17.9 Å². The van der Waals surface area contributed by atoms with Crippen molar-refractivity contribution < 1.29 is 9.53 Å². The van der Waals surface area contributed by atoms with Gasteiger partial charge in [0.05, 0.1) is 13.0 Å². The minimum atomic E-state index is -0.104. The topological polar surface area (TPSA) is 26.3 Å². The van der Waals surface area contributed by atoms with Crippen molar-refractivity contribution >= 4 is 5.97 Å². The van der Waals surface area contributed by atoms with E-state index >= 15 is 0 Å². The average Bonchev–Trinajstić information content (AvgIpc) is 3.10. The quantitative estimate of drug-likeness (QED) is 0.705. The highest BCUT2D eigenvalue weighted by Gasteiger charge is 2.30. The van der Waals surface area contributed by atoms with Crippen molar-refractivity contribution in [2.24, 2.45) is 5.92 Å². The molecule has 15 heavy (non-hydrogen) atoms. The number of hydrogen-bond donors (Lipinski definition) is 0. The molecule has 1 aromatic carbocycles. The van der Waals surface area contributed by atoms with Gasteiger partial charge in [0.15, 0.2) is 0 Å². The fraction of sp³-hybridized carbons (Fsp3) is 0.462. The first-order chi connectivity index (χ1) is 7.31. The van der Waals surface area contributed by atoms with Gasteiger partial charge in [0.1, 0.15) is 0 Å². The Labute approximate surface area is 90.3 Å². The fourth-order valence-electron chi connectivity index (χ4n) is 1.88. The summed E-state index contributed by atoms with van der Waals surface area (Å²) in [6, 6.07) is 9.92. The Hall–Kier alpha value is -1.31. The Balaban J connectivity index is 2.13. The van der Waals surface area contributed by atoms with E-state index in [1.807, 2.05) is 30.3 Å². The van der Waals surface area contributed by atoms with E-state index in [9.17, 15) is 4.79 Å². The first kappa shape index (κ1) is 10.2. The molecule has 1 aromatic rings. The summed E-state index contributed by atoms with van der Waals surface area (Å²) < 4.78 is 4.86. The van der Waals surface area contributed by atoms with Crippen LogP contribution in [0.4, 0.5) is 0 Å². The molecule has 1 aliphatic carbocycles. The fourth-order valence-corrected chi connectivity index (χ4v) is 1.88. The molecular weight excluding hydrogens is 188 g/mol. The van der Waals surface area contributed by atoms with Crippen molar-refractivity contribution in [2.75, 3.05) is 7.11 Å². The van der Waals surface area contributed by atoms with E-state index < -0.39 is 0 Å². The number of esters is 1. The third kappa shape index (κ3) is 2.58. The number of carbonyl (C=O) groups is 1. The zero-order chi connectivity index (χ0) is 10.7. The second kappa shape index (κ2) is 4.47. The minimum absolute atomic E-state index is 0.0660. The molecule has 1 saturated carbocycles. The highest BCUT2D eigenvalue weighted by Crippen LogP contribution is 2.38. The first-order valence-electron chi connectivity index (χ1n) is 5.44. The van der Waals surface area contributed by atoms with Crippen molar-refractivity contribution in [3.63, 3.8) is 0 Å². The van der Waals surface area contributed by atoms with Crippen LogP contribution in [0.15, 0.2) is 30.3 Å². The Morgan fingerprint density at radius 1 is 1.40 bits per heavy atom. The standard InChI is InChI=1S/C13H16O2/c1-15-13(14)12(9-10-7-8-10)11-5-3-2-4-6-11/h2-6,10,12H,7-9H2,1H3. The van der Waals surface area contributed by atoms with Gasteiger partial charge in [-0.15, -0.1) is 0 Å². The molecule has 1 fully saturated rings. The van der Waals surface area contributed by atoms with E-state index in [0.29, 0.717) is 0 Å². The number of hydrogen-bond acceptors (Lipinski definition) is 2. The number of ether oxygens (including phenoxy) is 1. The lowest BCUT2D eigenvalue weighted by Gasteiger charge is -2.14. The Kier molecular flexibility index (Phi) is 3.05. The van der Waals surface area contributed by atoms with E-state index in [2.05, 4.69) is 0 Å². The lowest BCUT2D eigenvalue weighted by molar-refractivity contribution is -0.142. The third-order valence-corrected chi connectivity index (χ3v) is 2.95. The second-order valence-electron chi connectivity index (χ2n) is 4.17. The normalized spacial score (nSPS) is 17.1. The van der Waals surface area contributed by atoms with E-state index in [4.69, 9.17) is 4.74 Å². The molecular formula is C13H16O2. The van der Waals surface area contributed by atoms with Gasteiger partial charge >= 0.3 is 5.97 Å². The van der Waals surface area contributed by atoms with Crippen molar-refractivity contribution in [1.82, 2.24) is 0 Å². The van der Waals surface area contributed by atoms with Crippen LogP contribution in [-0.4, -0.2) is 13.1 Å². The van der Waals surface area contributed by atoms with Crippen LogP contribution in [0.2, 0.25) is 0 Å². The van der Waals surface area contributed by atoms with Crippen molar-refractivity contribution in [3.05, 3.63) is 35.9 Å². The van der Waals surface area contributed by atoms with Gasteiger partial charge in [0.25, 0.3) is 0 Å². The highest BCUT2D eigenvalue weighted by atomic mass is 16.5. The lowest BCUT2D eigenvalue weighted by Crippen LogP contribution is -2.14. The highest BCUT2D eigenvalue weighted by molar-refractivity contribution is 5.78. The lowest BCUT2D eigenvalue weighted by atomic mass is 9.94. The summed E-state index contributed by atoms with van der Waals surface area (Å²) in [5.41, 5.74) is 1.08. The average molecular weight is 204 g/mol. The Morgan fingerprint density at radius 2 is 2.07 bits per heavy atom. The number of benzene rings is 1. The summed E-state index contributed by atoms with van der Waals surface area (Å²) in [5.74, 6) is 0.561. The third-order valence-electron chi connectivity index (χ3n) is 2.95. The predicted octanol–water partition coefficient (Wildman–Crippen LogP) is 2.74. The summed E-state index contributed by atoms with van der Waals surface area (Å²) in [5, 5.41) is 0. The van der Waals surface area contributed by atoms with Gasteiger partial charge < -0.3 is 4.74 Å². The summed E-state index contributed by atoms with van der Waals surface area (Å²) in [6.07, 6.45) is 3.47. The summed E-state index contributed by atoms with van der Waals surface area (Å²) in [7, 11) is 1.46. The SMILES string of the molecule is COC(=O)C(CC1CC1)c1ccccc1. The van der Waals surface area contributed by atoms with E-state index in [-0.39, 0.29) is 11.9 Å². The number of rotatable bonds is 4. The van der Waals surface area contributed by atoms with Crippen LogP contribution < -0.4 is 0 Å². The van der Waals surface area contributed by atoms with Gasteiger partial charge in [0, 0.05) is 0 Å². The molecule has 0 aliphatic heterocycles. The van der Waals surface area contributed by atoms with Gasteiger partial charge in [-0.1, -0.05) is 43.2 Å². The van der Waals surface area contributed by atoms with Gasteiger partial charge in [-0.2, -0.15) is 0 Å². The molecule has 2 heteroatoms. The maximum Gasteiger partial charge on any atom is 0.313 e. The van der Waals surface area contributed by atoms with E-state index in [1.54, 1.807) is 0 Å². The van der Waals surface area contributed by atoms with Gasteiger partial charge in [0.2, 0.25) is 0 Å².